The number of halogens is 4. The van der Waals surface area contributed by atoms with Gasteiger partial charge in [-0.15, -0.1) is 11.3 Å². The van der Waals surface area contributed by atoms with E-state index in [2.05, 4.69) is 0 Å². The van der Waals surface area contributed by atoms with E-state index >= 15 is 0 Å². The van der Waals surface area contributed by atoms with Crippen LogP contribution in [0, 0.1) is 24.4 Å². The molecule has 1 heterocycles. The van der Waals surface area contributed by atoms with Crippen molar-refractivity contribution in [3.8, 4) is 27.3 Å². The van der Waals surface area contributed by atoms with Gasteiger partial charge in [0.1, 0.15) is 5.82 Å². The third kappa shape index (κ3) is 3.75. The second-order valence-electron chi connectivity index (χ2n) is 5.74. The lowest BCUT2D eigenvalue weighted by Crippen LogP contribution is -2.02. The molecule has 0 saturated heterocycles. The van der Waals surface area contributed by atoms with Gasteiger partial charge in [0, 0.05) is 27.3 Å². The number of hydrogen-bond donors (Lipinski definition) is 0. The average Bonchev–Trinajstić information content (AvgIpc) is 3.05. The predicted molar refractivity (Wildman–Crippen MR) is 95.9 cm³/mol. The summed E-state index contributed by atoms with van der Waals surface area (Å²) in [5.74, 6) is -3.08. The van der Waals surface area contributed by atoms with Crippen molar-refractivity contribution in [2.45, 2.75) is 13.3 Å². The molecule has 0 N–H and O–H groups in total. The minimum Gasteiger partial charge on any atom is -0.490 e. The first-order chi connectivity index (χ1) is 12.5. The molecule has 0 radical (unpaired) electrons. The van der Waals surface area contributed by atoms with Gasteiger partial charge >= 0.3 is 0 Å². The first-order valence-corrected chi connectivity index (χ1v) is 8.86. The van der Waals surface area contributed by atoms with E-state index in [-0.39, 0.29) is 29.9 Å². The Balaban J connectivity index is 1.91. The van der Waals surface area contributed by atoms with Gasteiger partial charge in [-0.2, -0.15) is 4.39 Å². The Kier molecular flexibility index (Phi) is 5.61. The van der Waals surface area contributed by atoms with Crippen LogP contribution in [-0.4, -0.2) is 13.3 Å². The highest BCUT2D eigenvalue weighted by atomic mass is 32.1. The van der Waals surface area contributed by atoms with Gasteiger partial charge in [0.15, 0.2) is 11.6 Å². The van der Waals surface area contributed by atoms with Crippen molar-refractivity contribution in [1.29, 1.82) is 0 Å². The Morgan fingerprint density at radius 3 is 2.35 bits per heavy atom. The Bertz CT molecular complexity index is 920. The Morgan fingerprint density at radius 1 is 0.923 bits per heavy atom. The topological polar surface area (TPSA) is 9.23 Å². The van der Waals surface area contributed by atoms with Gasteiger partial charge in [-0.3, -0.25) is 4.39 Å². The molecule has 2 aromatic carbocycles. The van der Waals surface area contributed by atoms with Crippen molar-refractivity contribution >= 4 is 11.3 Å². The lowest BCUT2D eigenvalue weighted by molar-refractivity contribution is 0.273. The van der Waals surface area contributed by atoms with Crippen LogP contribution < -0.4 is 4.74 Å². The van der Waals surface area contributed by atoms with Crippen LogP contribution >= 0.6 is 11.3 Å². The maximum absolute atomic E-state index is 14.5. The number of thiophene rings is 1. The van der Waals surface area contributed by atoms with E-state index in [1.165, 1.54) is 29.5 Å². The van der Waals surface area contributed by atoms with E-state index in [0.29, 0.717) is 5.56 Å². The Morgan fingerprint density at radius 2 is 1.69 bits per heavy atom. The SMILES string of the molecule is Cc1ccc(-c2ccc(-c3ccc(OCCCF)c(F)c3F)cc2F)s1. The van der Waals surface area contributed by atoms with Crippen LogP contribution in [0.4, 0.5) is 17.6 Å². The number of aryl methyl sites for hydroxylation is 1. The first kappa shape index (κ1) is 18.5. The molecule has 3 aromatic rings. The van der Waals surface area contributed by atoms with Crippen LogP contribution in [0.3, 0.4) is 0 Å². The predicted octanol–water partition coefficient (Wildman–Crippen LogP) is 6.55. The quantitative estimate of drug-likeness (QED) is 0.348. The number of hydrogen-bond acceptors (Lipinski definition) is 2. The summed E-state index contributed by atoms with van der Waals surface area (Å²) in [6.45, 7) is 1.28. The highest BCUT2D eigenvalue weighted by Crippen LogP contribution is 2.34. The molecule has 0 aliphatic carbocycles. The van der Waals surface area contributed by atoms with E-state index in [0.717, 1.165) is 9.75 Å². The maximum atomic E-state index is 14.5. The molecule has 26 heavy (non-hydrogen) atoms. The molecular weight excluding hydrogens is 364 g/mol. The van der Waals surface area contributed by atoms with Gasteiger partial charge < -0.3 is 4.74 Å². The normalized spacial score (nSPS) is 11.0. The molecule has 0 fully saturated rings. The molecule has 0 unspecified atom stereocenters. The van der Waals surface area contributed by atoms with Crippen molar-refractivity contribution in [2.24, 2.45) is 0 Å². The van der Waals surface area contributed by atoms with Crippen molar-refractivity contribution in [3.63, 3.8) is 0 Å². The highest BCUT2D eigenvalue weighted by Gasteiger charge is 2.17. The largest absolute Gasteiger partial charge is 0.490 e. The van der Waals surface area contributed by atoms with Crippen LogP contribution in [0.15, 0.2) is 42.5 Å². The molecule has 0 amide bonds. The third-order valence-corrected chi connectivity index (χ3v) is 4.90. The molecule has 1 aromatic heterocycles. The molecule has 1 nitrogen and oxygen atoms in total. The van der Waals surface area contributed by atoms with Gasteiger partial charge in [0.2, 0.25) is 5.82 Å². The van der Waals surface area contributed by atoms with Crippen LogP contribution in [0.2, 0.25) is 0 Å². The summed E-state index contributed by atoms with van der Waals surface area (Å²) in [6, 6.07) is 10.6. The van der Waals surface area contributed by atoms with E-state index in [4.69, 9.17) is 4.74 Å². The van der Waals surface area contributed by atoms with E-state index in [9.17, 15) is 17.6 Å². The summed E-state index contributed by atoms with van der Waals surface area (Å²) in [5, 5.41) is 0. The van der Waals surface area contributed by atoms with E-state index in [1.54, 1.807) is 12.1 Å². The van der Waals surface area contributed by atoms with E-state index < -0.39 is 24.1 Å². The zero-order chi connectivity index (χ0) is 18.7. The Hall–Kier alpha value is -2.34. The minimum atomic E-state index is -1.17. The van der Waals surface area contributed by atoms with Crippen molar-refractivity contribution in [3.05, 3.63) is 64.8 Å². The Labute approximate surface area is 152 Å². The number of ether oxygens (including phenoxy) is 1. The fraction of sp³-hybridized carbons (Fsp3) is 0.200. The zero-order valence-corrected chi connectivity index (χ0v) is 14.8. The summed E-state index contributed by atoms with van der Waals surface area (Å²) in [5.41, 5.74) is 0.582. The van der Waals surface area contributed by atoms with Crippen LogP contribution in [0.1, 0.15) is 11.3 Å². The number of alkyl halides is 1. The van der Waals surface area contributed by atoms with Crippen molar-refractivity contribution in [1.82, 2.24) is 0 Å². The molecule has 0 saturated carbocycles. The molecule has 0 spiro atoms. The minimum absolute atomic E-state index is 0.0459. The molecule has 0 atom stereocenters. The summed E-state index contributed by atoms with van der Waals surface area (Å²) in [6.07, 6.45) is 0.0949. The second-order valence-corrected chi connectivity index (χ2v) is 7.02. The zero-order valence-electron chi connectivity index (χ0n) is 14.0. The summed E-state index contributed by atoms with van der Waals surface area (Å²) in [7, 11) is 0. The molecule has 0 bridgehead atoms. The van der Waals surface area contributed by atoms with Gasteiger partial charge in [-0.05, 0) is 48.9 Å². The fourth-order valence-electron chi connectivity index (χ4n) is 2.56. The molecule has 6 heteroatoms. The number of rotatable bonds is 6. The number of benzene rings is 2. The first-order valence-electron chi connectivity index (χ1n) is 8.04. The molecule has 0 aliphatic rings. The molecule has 136 valence electrons. The van der Waals surface area contributed by atoms with Crippen LogP contribution in [-0.2, 0) is 0 Å². The van der Waals surface area contributed by atoms with Gasteiger partial charge in [0.05, 0.1) is 13.3 Å². The van der Waals surface area contributed by atoms with Gasteiger partial charge in [-0.25, -0.2) is 8.78 Å². The maximum Gasteiger partial charge on any atom is 0.201 e. The summed E-state index contributed by atoms with van der Waals surface area (Å²) >= 11 is 1.46. The highest BCUT2D eigenvalue weighted by molar-refractivity contribution is 7.15. The van der Waals surface area contributed by atoms with Crippen LogP contribution in [0.25, 0.3) is 21.6 Å². The van der Waals surface area contributed by atoms with Gasteiger partial charge in [0.25, 0.3) is 0 Å². The summed E-state index contributed by atoms with van der Waals surface area (Å²) < 4.78 is 60.1. The van der Waals surface area contributed by atoms with Gasteiger partial charge in [-0.1, -0.05) is 6.07 Å². The van der Waals surface area contributed by atoms with Crippen molar-refractivity contribution in [2.75, 3.05) is 13.3 Å². The third-order valence-electron chi connectivity index (χ3n) is 3.87. The fourth-order valence-corrected chi connectivity index (χ4v) is 3.46. The van der Waals surface area contributed by atoms with E-state index in [1.807, 2.05) is 19.1 Å². The summed E-state index contributed by atoms with van der Waals surface area (Å²) in [4.78, 5) is 1.83. The molecule has 0 aliphatic heterocycles. The lowest BCUT2D eigenvalue weighted by Gasteiger charge is -2.11. The average molecular weight is 380 g/mol. The van der Waals surface area contributed by atoms with Crippen LogP contribution in [0.5, 0.6) is 5.75 Å². The monoisotopic (exact) mass is 380 g/mol. The molecule has 3 rings (SSSR count). The second kappa shape index (κ2) is 7.91. The molecular formula is C20H16F4OS. The van der Waals surface area contributed by atoms with Crippen molar-refractivity contribution < 1.29 is 22.3 Å². The lowest BCUT2D eigenvalue weighted by atomic mass is 10.0. The smallest absolute Gasteiger partial charge is 0.201 e. The standard InChI is InChI=1S/C20H16F4OS/c1-12-3-8-18(26-12)15-5-4-13(11-16(15)22)14-6-7-17(20(24)19(14)23)25-10-2-9-21/h3-8,11H,2,9-10H2,1H3.